The third-order valence-corrected chi connectivity index (χ3v) is 3.11. The van der Waals surface area contributed by atoms with E-state index in [-0.39, 0.29) is 6.04 Å². The summed E-state index contributed by atoms with van der Waals surface area (Å²) in [5.41, 5.74) is 1.80. The second-order valence-electron chi connectivity index (χ2n) is 4.86. The molecule has 0 bridgehead atoms. The van der Waals surface area contributed by atoms with Gasteiger partial charge >= 0.3 is 11.9 Å². The Balaban J connectivity index is 2.35. The largest absolute Gasteiger partial charge is 0.386 e. The zero-order valence-electron chi connectivity index (χ0n) is 10.7. The molecule has 3 rings (SSSR count). The van der Waals surface area contributed by atoms with E-state index in [0.717, 1.165) is 11.1 Å². The summed E-state index contributed by atoms with van der Waals surface area (Å²) < 4.78 is 4.73. The van der Waals surface area contributed by atoms with Gasteiger partial charge in [-0.2, -0.15) is 0 Å². The van der Waals surface area contributed by atoms with Crippen molar-refractivity contribution in [3.63, 3.8) is 0 Å². The molecule has 0 radical (unpaired) electrons. The molecule has 1 aliphatic rings. The van der Waals surface area contributed by atoms with Crippen LogP contribution in [0.4, 0.5) is 5.69 Å². The fourth-order valence-electron chi connectivity index (χ4n) is 2.38. The van der Waals surface area contributed by atoms with Crippen molar-refractivity contribution in [3.8, 4) is 0 Å². The number of cyclic esters (lactones) is 2. The zero-order chi connectivity index (χ0) is 13.6. The first-order valence-electron chi connectivity index (χ1n) is 6.16. The van der Waals surface area contributed by atoms with E-state index in [0.29, 0.717) is 16.5 Å². The number of esters is 2. The minimum atomic E-state index is -0.579. The smallest absolute Gasteiger partial charge is 0.346 e. The highest BCUT2D eigenvalue weighted by Crippen LogP contribution is 2.33. The van der Waals surface area contributed by atoms with Gasteiger partial charge in [0.15, 0.2) is 0 Å². The van der Waals surface area contributed by atoms with Crippen LogP contribution in [0.15, 0.2) is 30.3 Å². The highest BCUT2D eigenvalue weighted by molar-refractivity contribution is 6.22. The summed E-state index contributed by atoms with van der Waals surface area (Å²) in [6.07, 6.45) is 0. The summed E-state index contributed by atoms with van der Waals surface area (Å²) in [7, 11) is 0. The summed E-state index contributed by atoms with van der Waals surface area (Å²) in [6.45, 7) is 4.07. The molecule has 4 heteroatoms. The van der Waals surface area contributed by atoms with Crippen molar-refractivity contribution in [2.24, 2.45) is 0 Å². The number of benzene rings is 2. The Morgan fingerprint density at radius 1 is 1.00 bits per heavy atom. The lowest BCUT2D eigenvalue weighted by Gasteiger charge is -2.19. The Bertz CT molecular complexity index is 684. The SMILES string of the molecule is CC(C)Nc1ccc2c3c(cccc13)C(=O)OC2=O. The van der Waals surface area contributed by atoms with Gasteiger partial charge in [-0.05, 0) is 32.0 Å². The lowest BCUT2D eigenvalue weighted by molar-refractivity contribution is 0.0391. The molecular weight excluding hydrogens is 242 g/mol. The first kappa shape index (κ1) is 11.7. The molecule has 0 aromatic heterocycles. The van der Waals surface area contributed by atoms with Gasteiger partial charge in [-0.3, -0.25) is 0 Å². The molecule has 2 aromatic rings. The summed E-state index contributed by atoms with van der Waals surface area (Å²) in [5.74, 6) is -1.16. The second kappa shape index (κ2) is 4.09. The Labute approximate surface area is 110 Å². The molecule has 0 saturated heterocycles. The summed E-state index contributed by atoms with van der Waals surface area (Å²) in [4.78, 5) is 23.5. The number of carbonyl (C=O) groups is 2. The van der Waals surface area contributed by atoms with Crippen molar-refractivity contribution < 1.29 is 14.3 Å². The molecule has 0 unspecified atom stereocenters. The predicted octanol–water partition coefficient (Wildman–Crippen LogP) is 2.97. The number of hydrogen-bond donors (Lipinski definition) is 1. The fraction of sp³-hybridized carbons (Fsp3) is 0.200. The van der Waals surface area contributed by atoms with E-state index in [1.807, 2.05) is 26.0 Å². The molecule has 1 N–H and O–H groups in total. The van der Waals surface area contributed by atoms with Crippen LogP contribution in [0, 0.1) is 0 Å². The van der Waals surface area contributed by atoms with E-state index in [1.165, 1.54) is 0 Å². The monoisotopic (exact) mass is 255 g/mol. The number of carbonyl (C=O) groups excluding carboxylic acids is 2. The molecule has 2 aromatic carbocycles. The zero-order valence-corrected chi connectivity index (χ0v) is 10.7. The number of rotatable bonds is 2. The van der Waals surface area contributed by atoms with Gasteiger partial charge in [-0.1, -0.05) is 12.1 Å². The second-order valence-corrected chi connectivity index (χ2v) is 4.86. The minimum absolute atomic E-state index is 0.267. The molecular formula is C15H13NO3. The molecule has 0 spiro atoms. The van der Waals surface area contributed by atoms with Crippen LogP contribution in [-0.4, -0.2) is 18.0 Å². The van der Waals surface area contributed by atoms with Crippen LogP contribution < -0.4 is 5.32 Å². The third-order valence-electron chi connectivity index (χ3n) is 3.11. The molecule has 0 amide bonds. The van der Waals surface area contributed by atoms with E-state index < -0.39 is 11.9 Å². The van der Waals surface area contributed by atoms with Gasteiger partial charge in [0.1, 0.15) is 0 Å². The van der Waals surface area contributed by atoms with Gasteiger partial charge < -0.3 is 10.1 Å². The molecule has 96 valence electrons. The normalized spacial score (nSPS) is 13.8. The summed E-state index contributed by atoms with van der Waals surface area (Å²) >= 11 is 0. The molecule has 19 heavy (non-hydrogen) atoms. The Morgan fingerprint density at radius 2 is 1.68 bits per heavy atom. The highest BCUT2D eigenvalue weighted by atomic mass is 16.6. The lowest BCUT2D eigenvalue weighted by Crippen LogP contribution is -2.20. The molecule has 0 fully saturated rings. The van der Waals surface area contributed by atoms with E-state index in [4.69, 9.17) is 4.74 Å². The van der Waals surface area contributed by atoms with E-state index in [1.54, 1.807) is 18.2 Å². The van der Waals surface area contributed by atoms with Gasteiger partial charge in [0, 0.05) is 22.5 Å². The van der Waals surface area contributed by atoms with Crippen LogP contribution in [0.2, 0.25) is 0 Å². The Hall–Kier alpha value is -2.36. The number of anilines is 1. The minimum Gasteiger partial charge on any atom is -0.386 e. The van der Waals surface area contributed by atoms with Gasteiger partial charge in [-0.25, -0.2) is 9.59 Å². The first-order valence-corrected chi connectivity index (χ1v) is 6.16. The van der Waals surface area contributed by atoms with Crippen molar-refractivity contribution in [3.05, 3.63) is 41.5 Å². The topological polar surface area (TPSA) is 55.4 Å². The Morgan fingerprint density at radius 3 is 2.37 bits per heavy atom. The number of hydrogen-bond acceptors (Lipinski definition) is 4. The van der Waals surface area contributed by atoms with Gasteiger partial charge in [0.2, 0.25) is 0 Å². The van der Waals surface area contributed by atoms with Crippen molar-refractivity contribution in [1.82, 2.24) is 0 Å². The molecule has 4 nitrogen and oxygen atoms in total. The molecule has 1 heterocycles. The molecule has 1 aliphatic heterocycles. The standard InChI is InChI=1S/C15H13NO3/c1-8(2)16-12-7-6-11-13-9(12)4-3-5-10(13)14(17)19-15(11)18/h3-8,16H,1-2H3. The van der Waals surface area contributed by atoms with Gasteiger partial charge in [-0.15, -0.1) is 0 Å². The third kappa shape index (κ3) is 1.76. The maximum absolute atomic E-state index is 11.8. The highest BCUT2D eigenvalue weighted by Gasteiger charge is 2.27. The number of ether oxygens (including phenoxy) is 1. The van der Waals surface area contributed by atoms with Crippen molar-refractivity contribution >= 4 is 28.4 Å². The van der Waals surface area contributed by atoms with E-state index in [9.17, 15) is 9.59 Å². The summed E-state index contributed by atoms with van der Waals surface area (Å²) in [6, 6.07) is 9.19. The van der Waals surface area contributed by atoms with Crippen LogP contribution in [0.3, 0.4) is 0 Å². The molecule has 0 saturated carbocycles. The quantitative estimate of drug-likeness (QED) is 0.662. The fourth-order valence-corrected chi connectivity index (χ4v) is 2.38. The first-order chi connectivity index (χ1) is 9.08. The Kier molecular flexibility index (Phi) is 2.52. The average Bonchev–Trinajstić information content (AvgIpc) is 2.36. The van der Waals surface area contributed by atoms with Crippen LogP contribution in [0.1, 0.15) is 34.6 Å². The van der Waals surface area contributed by atoms with Crippen molar-refractivity contribution in [1.29, 1.82) is 0 Å². The maximum Gasteiger partial charge on any atom is 0.346 e. The van der Waals surface area contributed by atoms with Gasteiger partial charge in [0.05, 0.1) is 11.1 Å². The predicted molar refractivity (Wildman–Crippen MR) is 72.5 cm³/mol. The van der Waals surface area contributed by atoms with Crippen LogP contribution in [-0.2, 0) is 4.74 Å². The lowest BCUT2D eigenvalue weighted by atomic mass is 9.96. The number of nitrogens with one attached hydrogen (secondary N) is 1. The maximum atomic E-state index is 11.8. The van der Waals surface area contributed by atoms with Crippen molar-refractivity contribution in [2.45, 2.75) is 19.9 Å². The van der Waals surface area contributed by atoms with Crippen LogP contribution >= 0.6 is 0 Å². The van der Waals surface area contributed by atoms with Crippen LogP contribution in [0.25, 0.3) is 10.8 Å². The molecule has 0 atom stereocenters. The summed E-state index contributed by atoms with van der Waals surface area (Å²) in [5, 5.41) is 4.86. The van der Waals surface area contributed by atoms with Crippen molar-refractivity contribution in [2.75, 3.05) is 5.32 Å². The van der Waals surface area contributed by atoms with E-state index in [2.05, 4.69) is 5.32 Å². The molecule has 0 aliphatic carbocycles. The van der Waals surface area contributed by atoms with Crippen LogP contribution in [0.5, 0.6) is 0 Å². The van der Waals surface area contributed by atoms with Gasteiger partial charge in [0.25, 0.3) is 0 Å². The average molecular weight is 255 g/mol. The van der Waals surface area contributed by atoms with E-state index >= 15 is 0 Å².